The van der Waals surface area contributed by atoms with E-state index in [1.165, 1.54) is 11.8 Å². The number of aromatic amines is 1. The van der Waals surface area contributed by atoms with Crippen molar-refractivity contribution < 1.29 is 34.2 Å². The molecule has 12 nitrogen and oxygen atoms in total. The number of para-hydroxylation sites is 1. The second-order valence-corrected chi connectivity index (χ2v) is 10.4. The summed E-state index contributed by atoms with van der Waals surface area (Å²) in [5.41, 5.74) is 7.21. The number of thioether (sulfide) groups is 1. The number of hydrogen-bond acceptors (Lipinski definition) is 7. The molecule has 1 aromatic heterocycles. The number of fused-ring (bicyclic) bond motifs is 1. The maximum absolute atomic E-state index is 13.2. The molecule has 0 aliphatic rings. The average Bonchev–Trinajstić information content (AvgIpc) is 3.30. The van der Waals surface area contributed by atoms with Gasteiger partial charge in [-0.2, -0.15) is 11.8 Å². The lowest BCUT2D eigenvalue weighted by molar-refractivity contribution is -0.142. The fraction of sp³-hybridized carbons (Fsp3) is 0.500. The van der Waals surface area contributed by atoms with Crippen molar-refractivity contribution in [3.05, 3.63) is 36.0 Å². The lowest BCUT2D eigenvalue weighted by Gasteiger charge is -2.28. The van der Waals surface area contributed by atoms with E-state index < -0.39 is 60.2 Å². The molecule has 13 heteroatoms. The molecule has 2 aromatic rings. The van der Waals surface area contributed by atoms with E-state index in [-0.39, 0.29) is 18.8 Å². The van der Waals surface area contributed by atoms with Gasteiger partial charge in [-0.1, -0.05) is 38.5 Å². The first-order valence-electron chi connectivity index (χ1n) is 12.6. The van der Waals surface area contributed by atoms with Crippen molar-refractivity contribution in [2.45, 2.75) is 63.7 Å². The SMILES string of the molecule is CCC(C)C(NC(=O)C(N)CC(=O)O)C(=O)NC(CCSC)C(=O)NC(Cc1c[nH]c2ccccc12)C(=O)O. The molecule has 1 heterocycles. The van der Waals surface area contributed by atoms with Crippen LogP contribution in [0.4, 0.5) is 0 Å². The van der Waals surface area contributed by atoms with Gasteiger partial charge in [0.1, 0.15) is 18.1 Å². The Balaban J connectivity index is 2.18. The van der Waals surface area contributed by atoms with Crippen LogP contribution in [-0.4, -0.2) is 81.0 Å². The number of benzene rings is 1. The topological polar surface area (TPSA) is 204 Å². The molecule has 0 aliphatic heterocycles. The number of carbonyl (C=O) groups excluding carboxylic acids is 3. The van der Waals surface area contributed by atoms with Gasteiger partial charge in [-0.25, -0.2) is 4.79 Å². The number of H-pyrrole nitrogens is 1. The molecule has 39 heavy (non-hydrogen) atoms. The van der Waals surface area contributed by atoms with Crippen molar-refractivity contribution in [1.82, 2.24) is 20.9 Å². The third-order valence-corrected chi connectivity index (χ3v) is 7.13. The highest BCUT2D eigenvalue weighted by molar-refractivity contribution is 7.98. The summed E-state index contributed by atoms with van der Waals surface area (Å²) >= 11 is 1.45. The van der Waals surface area contributed by atoms with Gasteiger partial charge in [0.2, 0.25) is 17.7 Å². The molecule has 5 unspecified atom stereocenters. The number of hydrogen-bond donors (Lipinski definition) is 7. The van der Waals surface area contributed by atoms with E-state index in [4.69, 9.17) is 10.8 Å². The van der Waals surface area contributed by atoms with E-state index in [2.05, 4.69) is 20.9 Å². The number of aromatic nitrogens is 1. The number of amides is 3. The van der Waals surface area contributed by atoms with E-state index in [9.17, 15) is 29.1 Å². The molecule has 0 spiro atoms. The summed E-state index contributed by atoms with van der Waals surface area (Å²) in [5.74, 6) is -4.44. The number of carbonyl (C=O) groups is 5. The van der Waals surface area contributed by atoms with Crippen molar-refractivity contribution >= 4 is 52.3 Å². The van der Waals surface area contributed by atoms with Crippen molar-refractivity contribution in [2.75, 3.05) is 12.0 Å². The van der Waals surface area contributed by atoms with Gasteiger partial charge in [-0.3, -0.25) is 19.2 Å². The van der Waals surface area contributed by atoms with Crippen LogP contribution >= 0.6 is 11.8 Å². The molecule has 0 fully saturated rings. The molecular formula is C26H37N5O7S. The highest BCUT2D eigenvalue weighted by Gasteiger charge is 2.33. The number of carboxylic acid groups (broad SMARTS) is 2. The minimum Gasteiger partial charge on any atom is -0.481 e. The maximum Gasteiger partial charge on any atom is 0.326 e. The normalized spacial score (nSPS) is 15.0. The van der Waals surface area contributed by atoms with Gasteiger partial charge in [-0.15, -0.1) is 0 Å². The number of carboxylic acids is 2. The fourth-order valence-electron chi connectivity index (χ4n) is 4.00. The number of nitrogens with two attached hydrogens (primary N) is 1. The smallest absolute Gasteiger partial charge is 0.326 e. The highest BCUT2D eigenvalue weighted by Crippen LogP contribution is 2.19. The van der Waals surface area contributed by atoms with Crippen LogP contribution in [0.2, 0.25) is 0 Å². The van der Waals surface area contributed by atoms with Gasteiger partial charge in [-0.05, 0) is 36.0 Å². The maximum atomic E-state index is 13.2. The minimum absolute atomic E-state index is 0.0291. The molecule has 0 aliphatic carbocycles. The van der Waals surface area contributed by atoms with Crippen molar-refractivity contribution in [3.63, 3.8) is 0 Å². The highest BCUT2D eigenvalue weighted by atomic mass is 32.2. The number of rotatable bonds is 16. The summed E-state index contributed by atoms with van der Waals surface area (Å²) < 4.78 is 0. The van der Waals surface area contributed by atoms with Gasteiger partial charge in [0.05, 0.1) is 12.5 Å². The van der Waals surface area contributed by atoms with Crippen LogP contribution in [0.3, 0.4) is 0 Å². The van der Waals surface area contributed by atoms with Crippen molar-refractivity contribution in [2.24, 2.45) is 11.7 Å². The number of aliphatic carboxylic acids is 2. The molecule has 0 saturated carbocycles. The molecule has 2 rings (SSSR count). The first-order valence-corrected chi connectivity index (χ1v) is 14.0. The monoisotopic (exact) mass is 563 g/mol. The van der Waals surface area contributed by atoms with Crippen LogP contribution in [0.1, 0.15) is 38.7 Å². The first kappa shape index (κ1) is 31.6. The van der Waals surface area contributed by atoms with E-state index in [1.807, 2.05) is 37.4 Å². The molecule has 214 valence electrons. The third kappa shape index (κ3) is 9.29. The lowest BCUT2D eigenvalue weighted by atomic mass is 9.97. The van der Waals surface area contributed by atoms with E-state index in [0.29, 0.717) is 12.2 Å². The Morgan fingerprint density at radius 3 is 2.28 bits per heavy atom. The zero-order valence-corrected chi connectivity index (χ0v) is 23.0. The molecule has 0 bridgehead atoms. The van der Waals surface area contributed by atoms with Crippen LogP contribution in [0.15, 0.2) is 30.5 Å². The Morgan fingerprint density at radius 2 is 1.67 bits per heavy atom. The summed E-state index contributed by atoms with van der Waals surface area (Å²) in [5, 5.41) is 27.3. The molecule has 0 saturated heterocycles. The Hall–Kier alpha value is -3.58. The quantitative estimate of drug-likeness (QED) is 0.154. The zero-order valence-electron chi connectivity index (χ0n) is 22.2. The summed E-state index contributed by atoms with van der Waals surface area (Å²) in [4.78, 5) is 64.9. The Labute approximate surface area is 230 Å². The molecule has 1 aromatic carbocycles. The van der Waals surface area contributed by atoms with Crippen LogP contribution in [-0.2, 0) is 30.4 Å². The van der Waals surface area contributed by atoms with E-state index in [1.54, 1.807) is 13.1 Å². The molecule has 8 N–H and O–H groups in total. The predicted molar refractivity (Wildman–Crippen MR) is 148 cm³/mol. The lowest BCUT2D eigenvalue weighted by Crippen LogP contribution is -2.59. The molecule has 0 radical (unpaired) electrons. The Kier molecular flexibility index (Phi) is 12.3. The van der Waals surface area contributed by atoms with E-state index >= 15 is 0 Å². The van der Waals surface area contributed by atoms with Crippen LogP contribution in [0, 0.1) is 5.92 Å². The minimum atomic E-state index is -1.35. The average molecular weight is 564 g/mol. The fourth-order valence-corrected chi connectivity index (χ4v) is 4.47. The second-order valence-electron chi connectivity index (χ2n) is 9.38. The molecule has 3 amide bonds. The van der Waals surface area contributed by atoms with Crippen molar-refractivity contribution in [1.29, 1.82) is 0 Å². The summed E-state index contributed by atoms with van der Waals surface area (Å²) in [6.45, 7) is 3.54. The zero-order chi connectivity index (χ0) is 29.1. The first-order chi connectivity index (χ1) is 18.5. The van der Waals surface area contributed by atoms with Gasteiger partial charge in [0.25, 0.3) is 0 Å². The summed E-state index contributed by atoms with van der Waals surface area (Å²) in [6, 6.07) is 2.68. The summed E-state index contributed by atoms with van der Waals surface area (Å²) in [7, 11) is 0. The van der Waals surface area contributed by atoms with Crippen LogP contribution in [0.5, 0.6) is 0 Å². The van der Waals surface area contributed by atoms with Gasteiger partial charge < -0.3 is 36.9 Å². The summed E-state index contributed by atoms with van der Waals surface area (Å²) in [6.07, 6.45) is 3.68. The largest absolute Gasteiger partial charge is 0.481 e. The van der Waals surface area contributed by atoms with Crippen molar-refractivity contribution in [3.8, 4) is 0 Å². The standard InChI is InChI=1S/C26H37N5O7S/c1-4-14(2)22(31-23(34)17(27)12-21(32)33)25(36)29-19(9-10-39-3)24(35)30-20(26(37)38)11-15-13-28-18-8-6-5-7-16(15)18/h5-8,13-14,17,19-20,22,28H,4,9-12,27H2,1-3H3,(H,29,36)(H,30,35)(H,31,34)(H,32,33)(H,37,38). The predicted octanol–water partition coefficient (Wildman–Crippen LogP) is 0.851. The molecular weight excluding hydrogens is 526 g/mol. The van der Waals surface area contributed by atoms with Crippen LogP contribution in [0.25, 0.3) is 10.9 Å². The van der Waals surface area contributed by atoms with Crippen LogP contribution < -0.4 is 21.7 Å². The van der Waals surface area contributed by atoms with E-state index in [0.717, 1.165) is 16.5 Å². The molecule has 5 atom stereocenters. The third-order valence-electron chi connectivity index (χ3n) is 6.48. The van der Waals surface area contributed by atoms with Gasteiger partial charge in [0, 0.05) is 23.5 Å². The Bertz CT molecular complexity index is 1170. The van der Waals surface area contributed by atoms with Gasteiger partial charge >= 0.3 is 11.9 Å². The number of nitrogens with one attached hydrogen (secondary N) is 4. The van der Waals surface area contributed by atoms with Gasteiger partial charge in [0.15, 0.2) is 0 Å². The second kappa shape index (κ2) is 15.1. The Morgan fingerprint density at radius 1 is 1.00 bits per heavy atom.